The standard InChI is InChI=1S/C16H22N2S/c1-3-12-6-4-5-7-14(12)18-15-9-8-11(2)10-13(15)17-16(18)19/h8-10,12,14H,3-7H2,1-2H3,(H,17,19). The summed E-state index contributed by atoms with van der Waals surface area (Å²) in [6.45, 7) is 4.44. The molecule has 19 heavy (non-hydrogen) atoms. The van der Waals surface area contributed by atoms with Crippen LogP contribution in [0.15, 0.2) is 18.2 Å². The summed E-state index contributed by atoms with van der Waals surface area (Å²) in [4.78, 5) is 3.39. The van der Waals surface area contributed by atoms with Gasteiger partial charge in [-0.15, -0.1) is 0 Å². The summed E-state index contributed by atoms with van der Waals surface area (Å²) >= 11 is 5.59. The molecule has 2 aromatic rings. The number of aromatic amines is 1. The molecule has 0 aliphatic heterocycles. The maximum Gasteiger partial charge on any atom is 0.178 e. The van der Waals surface area contributed by atoms with Crippen LogP contribution in [0.5, 0.6) is 0 Å². The van der Waals surface area contributed by atoms with Crippen LogP contribution in [0.1, 0.15) is 50.6 Å². The topological polar surface area (TPSA) is 20.7 Å². The molecule has 102 valence electrons. The summed E-state index contributed by atoms with van der Waals surface area (Å²) in [5, 5.41) is 0. The zero-order valence-electron chi connectivity index (χ0n) is 11.8. The molecule has 1 N–H and O–H groups in total. The number of rotatable bonds is 2. The van der Waals surface area contributed by atoms with E-state index in [2.05, 4.69) is 41.6 Å². The molecule has 0 radical (unpaired) electrons. The van der Waals surface area contributed by atoms with Gasteiger partial charge in [-0.05, 0) is 55.6 Å². The highest BCUT2D eigenvalue weighted by atomic mass is 32.1. The van der Waals surface area contributed by atoms with Crippen molar-refractivity contribution in [3.05, 3.63) is 28.5 Å². The molecule has 1 aromatic heterocycles. The van der Waals surface area contributed by atoms with E-state index in [0.29, 0.717) is 6.04 Å². The average Bonchev–Trinajstić information content (AvgIpc) is 2.73. The number of benzene rings is 1. The normalized spacial score (nSPS) is 23.9. The number of nitrogens with one attached hydrogen (secondary N) is 1. The van der Waals surface area contributed by atoms with Crippen molar-refractivity contribution in [2.75, 3.05) is 0 Å². The third-order valence-electron chi connectivity index (χ3n) is 4.60. The van der Waals surface area contributed by atoms with Gasteiger partial charge in [-0.2, -0.15) is 0 Å². The molecular formula is C16H22N2S. The van der Waals surface area contributed by atoms with Gasteiger partial charge in [0.2, 0.25) is 0 Å². The fraction of sp³-hybridized carbons (Fsp3) is 0.562. The first kappa shape index (κ1) is 12.9. The van der Waals surface area contributed by atoms with Crippen molar-refractivity contribution in [2.45, 2.75) is 52.0 Å². The predicted octanol–water partition coefficient (Wildman–Crippen LogP) is 5.15. The van der Waals surface area contributed by atoms with E-state index in [1.54, 1.807) is 0 Å². The molecule has 1 fully saturated rings. The van der Waals surface area contributed by atoms with Gasteiger partial charge in [0.05, 0.1) is 11.0 Å². The summed E-state index contributed by atoms with van der Waals surface area (Å²) in [7, 11) is 0. The van der Waals surface area contributed by atoms with Gasteiger partial charge >= 0.3 is 0 Å². The van der Waals surface area contributed by atoms with Crippen LogP contribution in [-0.4, -0.2) is 9.55 Å². The Balaban J connectivity index is 2.13. The highest BCUT2D eigenvalue weighted by Gasteiger charge is 2.26. The number of imidazole rings is 1. The SMILES string of the molecule is CCC1CCCCC1n1c(=S)[nH]c2cc(C)ccc21. The molecule has 1 aliphatic carbocycles. The van der Waals surface area contributed by atoms with Crippen LogP contribution in [0.3, 0.4) is 0 Å². The fourth-order valence-electron chi connectivity index (χ4n) is 3.58. The van der Waals surface area contributed by atoms with Gasteiger partial charge in [-0.25, -0.2) is 0 Å². The van der Waals surface area contributed by atoms with E-state index in [0.717, 1.165) is 10.7 Å². The first-order valence-corrected chi connectivity index (χ1v) is 7.82. The summed E-state index contributed by atoms with van der Waals surface area (Å²) < 4.78 is 3.28. The largest absolute Gasteiger partial charge is 0.331 e. The van der Waals surface area contributed by atoms with Crippen LogP contribution in [0.25, 0.3) is 11.0 Å². The predicted molar refractivity (Wildman–Crippen MR) is 83.1 cm³/mol. The Morgan fingerprint density at radius 3 is 2.89 bits per heavy atom. The van der Waals surface area contributed by atoms with Gasteiger partial charge in [0.1, 0.15) is 0 Å². The van der Waals surface area contributed by atoms with E-state index in [9.17, 15) is 0 Å². The number of hydrogen-bond donors (Lipinski definition) is 1. The lowest BCUT2D eigenvalue weighted by atomic mass is 9.82. The lowest BCUT2D eigenvalue weighted by Crippen LogP contribution is -2.22. The van der Waals surface area contributed by atoms with Crippen molar-refractivity contribution >= 4 is 23.3 Å². The lowest BCUT2D eigenvalue weighted by Gasteiger charge is -2.32. The van der Waals surface area contributed by atoms with Crippen LogP contribution in [0, 0.1) is 17.6 Å². The highest BCUT2D eigenvalue weighted by Crippen LogP contribution is 2.37. The summed E-state index contributed by atoms with van der Waals surface area (Å²) in [5.41, 5.74) is 3.75. The van der Waals surface area contributed by atoms with Crippen molar-refractivity contribution in [3.63, 3.8) is 0 Å². The van der Waals surface area contributed by atoms with Gasteiger partial charge in [0.15, 0.2) is 4.77 Å². The molecule has 1 aromatic carbocycles. The summed E-state index contributed by atoms with van der Waals surface area (Å²) in [6, 6.07) is 7.19. The number of aryl methyl sites for hydroxylation is 1. The molecule has 3 heteroatoms. The number of nitrogens with zero attached hydrogens (tertiary/aromatic N) is 1. The minimum absolute atomic E-state index is 0.586. The minimum Gasteiger partial charge on any atom is -0.331 e. The Labute approximate surface area is 119 Å². The summed E-state index contributed by atoms with van der Waals surface area (Å²) in [5.74, 6) is 0.778. The molecule has 1 heterocycles. The van der Waals surface area contributed by atoms with Gasteiger partial charge in [-0.1, -0.05) is 32.3 Å². The molecule has 0 bridgehead atoms. The molecule has 0 amide bonds. The number of hydrogen-bond acceptors (Lipinski definition) is 1. The van der Waals surface area contributed by atoms with Crippen molar-refractivity contribution in [1.82, 2.24) is 9.55 Å². The molecule has 3 rings (SSSR count). The van der Waals surface area contributed by atoms with E-state index < -0.39 is 0 Å². The molecule has 0 spiro atoms. The van der Waals surface area contributed by atoms with Crippen LogP contribution in [0.4, 0.5) is 0 Å². The van der Waals surface area contributed by atoms with E-state index in [1.165, 1.54) is 48.7 Å². The van der Waals surface area contributed by atoms with Gasteiger partial charge in [0, 0.05) is 6.04 Å². The molecule has 2 nitrogen and oxygen atoms in total. The molecule has 1 saturated carbocycles. The van der Waals surface area contributed by atoms with E-state index in [1.807, 2.05) is 0 Å². The first-order valence-electron chi connectivity index (χ1n) is 7.41. The first-order chi connectivity index (χ1) is 9.20. The lowest BCUT2D eigenvalue weighted by molar-refractivity contribution is 0.235. The van der Waals surface area contributed by atoms with Gasteiger partial charge in [0.25, 0.3) is 0 Å². The fourth-order valence-corrected chi connectivity index (χ4v) is 3.92. The number of H-pyrrole nitrogens is 1. The summed E-state index contributed by atoms with van der Waals surface area (Å²) in [6.07, 6.45) is 6.59. The maximum atomic E-state index is 5.59. The number of aromatic nitrogens is 2. The Bertz CT molecular complexity index is 638. The Morgan fingerprint density at radius 2 is 2.11 bits per heavy atom. The quantitative estimate of drug-likeness (QED) is 0.751. The van der Waals surface area contributed by atoms with Gasteiger partial charge < -0.3 is 9.55 Å². The monoisotopic (exact) mass is 274 g/mol. The van der Waals surface area contributed by atoms with Crippen molar-refractivity contribution in [1.29, 1.82) is 0 Å². The highest BCUT2D eigenvalue weighted by molar-refractivity contribution is 7.71. The number of fused-ring (bicyclic) bond motifs is 1. The van der Waals surface area contributed by atoms with Crippen LogP contribution in [-0.2, 0) is 0 Å². The minimum atomic E-state index is 0.586. The molecular weight excluding hydrogens is 252 g/mol. The van der Waals surface area contributed by atoms with Crippen LogP contribution < -0.4 is 0 Å². The van der Waals surface area contributed by atoms with E-state index in [-0.39, 0.29) is 0 Å². The van der Waals surface area contributed by atoms with Crippen molar-refractivity contribution < 1.29 is 0 Å². The average molecular weight is 274 g/mol. The van der Waals surface area contributed by atoms with Crippen molar-refractivity contribution in [3.8, 4) is 0 Å². The second kappa shape index (κ2) is 5.12. The second-order valence-corrected chi connectivity index (χ2v) is 6.23. The molecule has 1 aliphatic rings. The smallest absolute Gasteiger partial charge is 0.178 e. The van der Waals surface area contributed by atoms with Crippen molar-refractivity contribution in [2.24, 2.45) is 5.92 Å². The second-order valence-electron chi connectivity index (χ2n) is 5.84. The molecule has 2 unspecified atom stereocenters. The third kappa shape index (κ3) is 2.25. The Hall–Kier alpha value is -1.09. The maximum absolute atomic E-state index is 5.59. The van der Waals surface area contributed by atoms with Gasteiger partial charge in [-0.3, -0.25) is 0 Å². The zero-order valence-corrected chi connectivity index (χ0v) is 12.6. The molecule has 0 saturated heterocycles. The van der Waals surface area contributed by atoms with E-state index in [4.69, 9.17) is 12.2 Å². The Morgan fingerprint density at radius 1 is 1.32 bits per heavy atom. The molecule has 2 atom stereocenters. The van der Waals surface area contributed by atoms with E-state index >= 15 is 0 Å². The Kier molecular flexibility index (Phi) is 3.48. The van der Waals surface area contributed by atoms with Crippen LogP contribution >= 0.6 is 12.2 Å². The third-order valence-corrected chi connectivity index (χ3v) is 4.90. The zero-order chi connectivity index (χ0) is 13.4. The van der Waals surface area contributed by atoms with Crippen LogP contribution in [0.2, 0.25) is 0 Å².